The molecule has 0 aliphatic heterocycles. The number of carbonyl (C=O) groups excluding carboxylic acids is 3. The monoisotopic (exact) mass is 741 g/mol. The zero-order chi connectivity index (χ0) is 38.2. The summed E-state index contributed by atoms with van der Waals surface area (Å²) in [4.78, 5) is 56.4. The molecule has 0 atom stereocenters. The lowest BCUT2D eigenvalue weighted by atomic mass is 10.1. The van der Waals surface area contributed by atoms with Gasteiger partial charge in [-0.3, -0.25) is 20.2 Å². The van der Waals surface area contributed by atoms with Crippen LogP contribution in [0.5, 0.6) is 11.5 Å². The van der Waals surface area contributed by atoms with E-state index in [2.05, 4.69) is 20.4 Å². The van der Waals surface area contributed by atoms with Crippen LogP contribution in [0.25, 0.3) is 11.0 Å². The van der Waals surface area contributed by atoms with Gasteiger partial charge in [-0.1, -0.05) is 30.7 Å². The van der Waals surface area contributed by atoms with Crippen molar-refractivity contribution in [1.82, 2.24) is 19.9 Å². The van der Waals surface area contributed by atoms with Crippen molar-refractivity contribution in [2.24, 2.45) is 5.73 Å². The van der Waals surface area contributed by atoms with Crippen molar-refractivity contribution in [2.45, 2.75) is 59.6 Å². The molecule has 52 heavy (non-hydrogen) atoms. The maximum absolute atomic E-state index is 12.3. The predicted molar refractivity (Wildman–Crippen MR) is 191 cm³/mol. The number of nitro benzene ring substituents is 1. The normalized spacial score (nSPS) is 11.4. The highest BCUT2D eigenvalue weighted by Crippen LogP contribution is 2.36. The van der Waals surface area contributed by atoms with Crippen molar-refractivity contribution in [3.63, 3.8) is 0 Å². The maximum Gasteiger partial charge on any atom is 0.407 e. The van der Waals surface area contributed by atoms with E-state index in [1.807, 2.05) is 6.92 Å². The largest absolute Gasteiger partial charge is 0.492 e. The number of imidazole rings is 1. The van der Waals surface area contributed by atoms with Crippen molar-refractivity contribution in [3.8, 4) is 11.5 Å². The number of primary amides is 1. The fourth-order valence-electron chi connectivity index (χ4n) is 4.86. The highest BCUT2D eigenvalue weighted by molar-refractivity contribution is 6.34. The van der Waals surface area contributed by atoms with Gasteiger partial charge >= 0.3 is 12.1 Å². The van der Waals surface area contributed by atoms with Crippen LogP contribution in [0.3, 0.4) is 0 Å². The van der Waals surface area contributed by atoms with E-state index < -0.39 is 34.2 Å². The van der Waals surface area contributed by atoms with E-state index in [1.165, 1.54) is 12.1 Å². The summed E-state index contributed by atoms with van der Waals surface area (Å²) in [5, 5.41) is 17.1. The SMILES string of the molecule is CCc1nc(C)oc1Nc1nc2cc(C(N)=O)cc(OCCCOc3cc(C(=O)OC)cc([N+](=O)[O-])c3Cl)c2n1C/C=C/CNC(=O)OC(C)(C)C. The Labute approximate surface area is 303 Å². The molecule has 0 aliphatic carbocycles. The van der Waals surface area contributed by atoms with E-state index in [0.29, 0.717) is 40.9 Å². The second kappa shape index (κ2) is 16.9. The lowest BCUT2D eigenvalue weighted by molar-refractivity contribution is -0.384. The molecule has 0 spiro atoms. The van der Waals surface area contributed by atoms with E-state index in [1.54, 1.807) is 50.5 Å². The molecule has 0 fully saturated rings. The predicted octanol–water partition coefficient (Wildman–Crippen LogP) is 6.01. The number of aryl methyl sites for hydroxylation is 2. The highest BCUT2D eigenvalue weighted by atomic mass is 35.5. The van der Waals surface area contributed by atoms with Gasteiger partial charge in [-0.05, 0) is 45.4 Å². The number of methoxy groups -OCH3 is 1. The molecule has 2 heterocycles. The molecular weight excluding hydrogens is 702 g/mol. The first kappa shape index (κ1) is 39.0. The second-order valence-corrected chi connectivity index (χ2v) is 12.6. The quantitative estimate of drug-likeness (QED) is 0.0393. The third-order valence-electron chi connectivity index (χ3n) is 7.12. The number of hydrogen-bond donors (Lipinski definition) is 3. The fourth-order valence-corrected chi connectivity index (χ4v) is 5.10. The number of hydrogen-bond acceptors (Lipinski definition) is 13. The summed E-state index contributed by atoms with van der Waals surface area (Å²) in [5.74, 6) is -0.0870. The number of nitrogens with zero attached hydrogens (tertiary/aromatic N) is 4. The number of alkyl carbamates (subject to hydrolysis) is 1. The lowest BCUT2D eigenvalue weighted by Gasteiger charge is -2.19. The number of nitrogens with one attached hydrogen (secondary N) is 2. The van der Waals surface area contributed by atoms with Gasteiger partial charge in [0.1, 0.15) is 28.3 Å². The van der Waals surface area contributed by atoms with Gasteiger partial charge in [-0.15, -0.1) is 0 Å². The number of fused-ring (bicyclic) bond motifs is 1. The summed E-state index contributed by atoms with van der Waals surface area (Å²) in [6.07, 6.45) is 3.83. The van der Waals surface area contributed by atoms with Gasteiger partial charge < -0.3 is 39.0 Å². The number of amides is 2. The van der Waals surface area contributed by atoms with E-state index in [0.717, 1.165) is 13.2 Å². The fraction of sp³-hybridized carbons (Fsp3) is 0.382. The number of nitrogens with two attached hydrogens (primary N) is 1. The first-order chi connectivity index (χ1) is 24.6. The summed E-state index contributed by atoms with van der Waals surface area (Å²) >= 11 is 6.19. The van der Waals surface area contributed by atoms with Gasteiger partial charge in [0.05, 0.1) is 36.3 Å². The number of halogens is 1. The molecule has 0 saturated heterocycles. The number of ether oxygens (including phenoxy) is 4. The molecule has 4 rings (SSSR count). The third kappa shape index (κ3) is 9.90. The zero-order valence-electron chi connectivity index (χ0n) is 29.5. The Morgan fingerprint density at radius 2 is 1.77 bits per heavy atom. The van der Waals surface area contributed by atoms with Crippen LogP contribution in [0.2, 0.25) is 5.02 Å². The Bertz CT molecular complexity index is 2000. The first-order valence-corrected chi connectivity index (χ1v) is 16.5. The van der Waals surface area contributed by atoms with Crippen LogP contribution in [0.15, 0.2) is 40.8 Å². The molecular formula is C34H40ClN7O10. The van der Waals surface area contributed by atoms with Crippen LogP contribution in [-0.4, -0.2) is 69.9 Å². The Balaban J connectivity index is 1.60. The topological polar surface area (TPSA) is 225 Å². The number of anilines is 2. The molecule has 18 heteroatoms. The van der Waals surface area contributed by atoms with E-state index >= 15 is 0 Å². The molecule has 2 aromatic heterocycles. The molecule has 2 aromatic carbocycles. The summed E-state index contributed by atoms with van der Waals surface area (Å²) in [7, 11) is 1.15. The van der Waals surface area contributed by atoms with Crippen LogP contribution in [0, 0.1) is 17.0 Å². The van der Waals surface area contributed by atoms with Crippen LogP contribution in [0.4, 0.5) is 22.3 Å². The number of esters is 1. The Kier molecular flexibility index (Phi) is 12.7. The van der Waals surface area contributed by atoms with Gasteiger partial charge in [0.25, 0.3) is 5.69 Å². The molecule has 4 aromatic rings. The van der Waals surface area contributed by atoms with Gasteiger partial charge in [0, 0.05) is 38.1 Å². The van der Waals surface area contributed by atoms with E-state index in [4.69, 9.17) is 40.9 Å². The lowest BCUT2D eigenvalue weighted by Crippen LogP contribution is -2.32. The number of rotatable bonds is 16. The zero-order valence-corrected chi connectivity index (χ0v) is 30.3. The Morgan fingerprint density at radius 1 is 1.08 bits per heavy atom. The maximum atomic E-state index is 12.3. The van der Waals surface area contributed by atoms with E-state index in [9.17, 15) is 24.5 Å². The molecule has 0 saturated carbocycles. The minimum absolute atomic E-state index is 0.00968. The minimum atomic E-state index is -0.796. The number of allylic oxidation sites excluding steroid dienone is 1. The van der Waals surface area contributed by atoms with Crippen LogP contribution in [-0.2, 0) is 22.4 Å². The van der Waals surface area contributed by atoms with E-state index in [-0.39, 0.29) is 60.4 Å². The number of aromatic nitrogens is 3. The number of oxazole rings is 1. The smallest absolute Gasteiger partial charge is 0.407 e. The van der Waals surface area contributed by atoms with Gasteiger partial charge in [-0.2, -0.15) is 0 Å². The number of benzene rings is 2. The van der Waals surface area contributed by atoms with Crippen molar-refractivity contribution >= 4 is 58.1 Å². The Hall–Kier alpha value is -5.84. The summed E-state index contributed by atoms with van der Waals surface area (Å²) in [6.45, 7) is 9.45. The highest BCUT2D eigenvalue weighted by Gasteiger charge is 2.23. The number of nitro groups is 1. The van der Waals surface area contributed by atoms with Crippen LogP contribution in [0.1, 0.15) is 66.4 Å². The Morgan fingerprint density at radius 3 is 2.40 bits per heavy atom. The van der Waals surface area contributed by atoms with Crippen molar-refractivity contribution in [3.05, 3.63) is 74.3 Å². The molecule has 4 N–H and O–H groups in total. The van der Waals surface area contributed by atoms with Crippen molar-refractivity contribution in [1.29, 1.82) is 0 Å². The van der Waals surface area contributed by atoms with Gasteiger partial charge in [-0.25, -0.2) is 19.6 Å². The molecule has 0 aliphatic rings. The minimum Gasteiger partial charge on any atom is -0.492 e. The van der Waals surface area contributed by atoms with Gasteiger partial charge in [0.15, 0.2) is 10.9 Å². The van der Waals surface area contributed by atoms with Crippen LogP contribution < -0.4 is 25.8 Å². The number of carbonyl (C=O) groups is 3. The average Bonchev–Trinajstić information content (AvgIpc) is 3.61. The summed E-state index contributed by atoms with van der Waals surface area (Å²) < 4.78 is 29.4. The molecule has 2 amide bonds. The molecule has 278 valence electrons. The van der Waals surface area contributed by atoms with Crippen LogP contribution >= 0.6 is 11.6 Å². The molecule has 17 nitrogen and oxygen atoms in total. The summed E-state index contributed by atoms with van der Waals surface area (Å²) in [6, 6.07) is 5.30. The average molecular weight is 742 g/mol. The summed E-state index contributed by atoms with van der Waals surface area (Å²) in [5.41, 5.74) is 6.13. The molecule has 0 bridgehead atoms. The molecule has 0 radical (unpaired) electrons. The third-order valence-corrected chi connectivity index (χ3v) is 7.50. The van der Waals surface area contributed by atoms with Crippen molar-refractivity contribution in [2.75, 3.05) is 32.2 Å². The standard InChI is InChI=1S/C34H40ClN7O10/c1-7-22-30(51-19(2)38-22)40-32-39-23-15-20(29(36)43)17-26(28(23)41(32)12-9-8-11-37-33(45)52-34(3,4)5)50-14-10-13-49-25-18-21(31(44)48-6)16-24(27(25)35)42(46)47/h8-9,15-18H,7,10-14H2,1-6H3,(H2,36,43)(H,37,45)(H,39,40)/b9-8+. The van der Waals surface area contributed by atoms with Gasteiger partial charge in [0.2, 0.25) is 17.7 Å². The van der Waals surface area contributed by atoms with Crippen molar-refractivity contribution < 1.29 is 42.7 Å². The molecule has 0 unspecified atom stereocenters. The first-order valence-electron chi connectivity index (χ1n) is 16.1. The second-order valence-electron chi connectivity index (χ2n) is 12.2.